The molecule has 142 valence electrons. The van der Waals surface area contributed by atoms with Crippen molar-refractivity contribution in [3.63, 3.8) is 0 Å². The van der Waals surface area contributed by atoms with Crippen LogP contribution in [0.1, 0.15) is 24.5 Å². The maximum absolute atomic E-state index is 12.9. The molecule has 2 aromatic heterocycles. The van der Waals surface area contributed by atoms with Gasteiger partial charge in [-0.15, -0.1) is 0 Å². The Morgan fingerprint density at radius 1 is 0.964 bits per heavy atom. The van der Waals surface area contributed by atoms with Crippen molar-refractivity contribution in [2.45, 2.75) is 33.2 Å². The molecule has 0 spiro atoms. The van der Waals surface area contributed by atoms with E-state index in [-0.39, 0.29) is 17.9 Å². The zero-order chi connectivity index (χ0) is 19.7. The van der Waals surface area contributed by atoms with Gasteiger partial charge in [-0.3, -0.25) is 9.59 Å². The summed E-state index contributed by atoms with van der Waals surface area (Å²) in [6, 6.07) is 17.5. The number of para-hydroxylation sites is 3. The van der Waals surface area contributed by atoms with Crippen LogP contribution in [-0.4, -0.2) is 14.9 Å². The standard InChI is InChI=1S/C23H23N3O2/c1-3-17-9-6-8-16(2)22(17)24-21(27)13-15-26-19-11-5-4-10-18(19)25-14-7-12-20(25)23(26)28/h4-12,14H,3,13,15H2,1-2H3,(H,24,27). The molecular formula is C23H23N3O2. The summed E-state index contributed by atoms with van der Waals surface area (Å²) in [5.41, 5.74) is 5.36. The van der Waals surface area contributed by atoms with E-state index >= 15 is 0 Å². The maximum Gasteiger partial charge on any atom is 0.275 e. The minimum Gasteiger partial charge on any atom is -0.326 e. The van der Waals surface area contributed by atoms with Crippen molar-refractivity contribution >= 4 is 28.1 Å². The summed E-state index contributed by atoms with van der Waals surface area (Å²) >= 11 is 0. The van der Waals surface area contributed by atoms with Crippen LogP contribution in [-0.2, 0) is 17.8 Å². The average Bonchev–Trinajstić information content (AvgIpc) is 3.20. The summed E-state index contributed by atoms with van der Waals surface area (Å²) in [7, 11) is 0. The predicted octanol–water partition coefficient (Wildman–Crippen LogP) is 4.15. The van der Waals surface area contributed by atoms with Gasteiger partial charge in [-0.2, -0.15) is 0 Å². The van der Waals surface area contributed by atoms with E-state index in [2.05, 4.69) is 12.2 Å². The Bertz CT molecular complexity index is 1230. The number of nitrogens with zero attached hydrogens (tertiary/aromatic N) is 2. The second kappa shape index (κ2) is 7.35. The topological polar surface area (TPSA) is 55.5 Å². The highest BCUT2D eigenvalue weighted by molar-refractivity contribution is 5.92. The number of aryl methyl sites for hydroxylation is 3. The van der Waals surface area contributed by atoms with Gasteiger partial charge in [0.05, 0.1) is 11.0 Å². The van der Waals surface area contributed by atoms with Gasteiger partial charge in [-0.25, -0.2) is 0 Å². The number of amides is 1. The predicted molar refractivity (Wildman–Crippen MR) is 113 cm³/mol. The van der Waals surface area contributed by atoms with Gasteiger partial charge in [0.15, 0.2) is 0 Å². The number of anilines is 1. The van der Waals surface area contributed by atoms with Crippen LogP contribution >= 0.6 is 0 Å². The summed E-state index contributed by atoms with van der Waals surface area (Å²) < 4.78 is 3.60. The molecule has 0 saturated heterocycles. The molecular weight excluding hydrogens is 350 g/mol. The van der Waals surface area contributed by atoms with Crippen molar-refractivity contribution < 1.29 is 4.79 Å². The van der Waals surface area contributed by atoms with Crippen LogP contribution < -0.4 is 10.9 Å². The second-order valence-electron chi connectivity index (χ2n) is 6.97. The molecule has 4 rings (SSSR count). The van der Waals surface area contributed by atoms with Gasteiger partial charge >= 0.3 is 0 Å². The Balaban J connectivity index is 1.63. The van der Waals surface area contributed by atoms with E-state index in [1.54, 1.807) is 4.57 Å². The number of nitrogens with one attached hydrogen (secondary N) is 1. The smallest absolute Gasteiger partial charge is 0.275 e. The number of hydrogen-bond donors (Lipinski definition) is 1. The van der Waals surface area contributed by atoms with E-state index < -0.39 is 0 Å². The third-order valence-corrected chi connectivity index (χ3v) is 5.21. The van der Waals surface area contributed by atoms with E-state index in [0.29, 0.717) is 12.1 Å². The van der Waals surface area contributed by atoms with Gasteiger partial charge in [0.2, 0.25) is 5.91 Å². The van der Waals surface area contributed by atoms with Crippen LogP contribution in [0.3, 0.4) is 0 Å². The molecule has 0 saturated carbocycles. The van der Waals surface area contributed by atoms with Crippen LogP contribution in [0.4, 0.5) is 5.69 Å². The molecule has 5 nitrogen and oxygen atoms in total. The van der Waals surface area contributed by atoms with Crippen LogP contribution in [0.2, 0.25) is 0 Å². The molecule has 0 unspecified atom stereocenters. The van der Waals surface area contributed by atoms with Gasteiger partial charge in [0, 0.05) is 24.8 Å². The van der Waals surface area contributed by atoms with Crippen LogP contribution in [0, 0.1) is 6.92 Å². The Labute approximate surface area is 163 Å². The average molecular weight is 373 g/mol. The largest absolute Gasteiger partial charge is 0.326 e. The van der Waals surface area contributed by atoms with E-state index in [1.165, 1.54) is 0 Å². The SMILES string of the molecule is CCc1cccc(C)c1NC(=O)CCn1c(=O)c2cccn2c2ccccc21. The van der Waals surface area contributed by atoms with Crippen molar-refractivity contribution in [2.75, 3.05) is 5.32 Å². The molecule has 0 aliphatic rings. The summed E-state index contributed by atoms with van der Waals surface area (Å²) in [5.74, 6) is -0.0877. The fraction of sp³-hybridized carbons (Fsp3) is 0.217. The normalized spacial score (nSPS) is 11.2. The number of aromatic nitrogens is 2. The molecule has 2 heterocycles. The van der Waals surface area contributed by atoms with Crippen LogP contribution in [0.5, 0.6) is 0 Å². The molecule has 28 heavy (non-hydrogen) atoms. The molecule has 0 radical (unpaired) electrons. The highest BCUT2D eigenvalue weighted by Gasteiger charge is 2.13. The number of benzene rings is 2. The first-order chi connectivity index (χ1) is 13.6. The maximum atomic E-state index is 12.9. The molecule has 0 aliphatic carbocycles. The second-order valence-corrected chi connectivity index (χ2v) is 6.97. The molecule has 2 aromatic carbocycles. The van der Waals surface area contributed by atoms with Gasteiger partial charge in [0.25, 0.3) is 5.56 Å². The molecule has 0 aliphatic heterocycles. The number of fused-ring (bicyclic) bond motifs is 3. The lowest BCUT2D eigenvalue weighted by Gasteiger charge is -2.15. The number of rotatable bonds is 5. The first kappa shape index (κ1) is 18.0. The van der Waals surface area contributed by atoms with Gasteiger partial charge in [-0.1, -0.05) is 37.3 Å². The molecule has 0 fully saturated rings. The van der Waals surface area contributed by atoms with Crippen molar-refractivity contribution in [2.24, 2.45) is 0 Å². The quantitative estimate of drug-likeness (QED) is 0.571. The molecule has 4 aromatic rings. The minimum atomic E-state index is -0.0877. The van der Waals surface area contributed by atoms with Crippen LogP contribution in [0.15, 0.2) is 65.6 Å². The Morgan fingerprint density at radius 3 is 2.50 bits per heavy atom. The summed E-state index contributed by atoms with van der Waals surface area (Å²) in [6.07, 6.45) is 2.98. The third-order valence-electron chi connectivity index (χ3n) is 5.21. The van der Waals surface area contributed by atoms with Gasteiger partial charge < -0.3 is 14.3 Å². The van der Waals surface area contributed by atoms with E-state index in [0.717, 1.165) is 34.3 Å². The van der Waals surface area contributed by atoms with Crippen molar-refractivity contribution in [3.05, 3.63) is 82.3 Å². The summed E-state index contributed by atoms with van der Waals surface area (Å²) in [5, 5.41) is 3.04. The van der Waals surface area contributed by atoms with Crippen LogP contribution in [0.25, 0.3) is 16.6 Å². The van der Waals surface area contributed by atoms with E-state index in [4.69, 9.17) is 0 Å². The third kappa shape index (κ3) is 3.09. The fourth-order valence-corrected chi connectivity index (χ4v) is 3.75. The van der Waals surface area contributed by atoms with Gasteiger partial charge in [-0.05, 0) is 48.7 Å². The van der Waals surface area contributed by atoms with Crippen molar-refractivity contribution in [1.29, 1.82) is 0 Å². The van der Waals surface area contributed by atoms with Gasteiger partial charge in [0.1, 0.15) is 5.52 Å². The molecule has 0 atom stereocenters. The Morgan fingerprint density at radius 2 is 1.71 bits per heavy atom. The highest BCUT2D eigenvalue weighted by atomic mass is 16.2. The van der Waals surface area contributed by atoms with Crippen molar-refractivity contribution in [1.82, 2.24) is 8.97 Å². The monoisotopic (exact) mass is 373 g/mol. The number of hydrogen-bond acceptors (Lipinski definition) is 2. The zero-order valence-corrected chi connectivity index (χ0v) is 16.1. The zero-order valence-electron chi connectivity index (χ0n) is 16.1. The first-order valence-electron chi connectivity index (χ1n) is 9.57. The Hall–Kier alpha value is -3.34. The summed E-state index contributed by atoms with van der Waals surface area (Å²) in [6.45, 7) is 4.40. The molecule has 5 heteroatoms. The molecule has 1 N–H and O–H groups in total. The number of carbonyl (C=O) groups excluding carboxylic acids is 1. The molecule has 0 bridgehead atoms. The highest BCUT2D eigenvalue weighted by Crippen LogP contribution is 2.21. The summed E-state index contributed by atoms with van der Waals surface area (Å²) in [4.78, 5) is 25.6. The minimum absolute atomic E-state index is 0.0818. The lowest BCUT2D eigenvalue weighted by molar-refractivity contribution is -0.116. The van der Waals surface area contributed by atoms with Crippen molar-refractivity contribution in [3.8, 4) is 0 Å². The van der Waals surface area contributed by atoms with E-state index in [1.807, 2.05) is 72.1 Å². The molecule has 1 amide bonds. The lowest BCUT2D eigenvalue weighted by atomic mass is 10.1. The van der Waals surface area contributed by atoms with E-state index in [9.17, 15) is 9.59 Å². The number of carbonyl (C=O) groups is 1. The fourth-order valence-electron chi connectivity index (χ4n) is 3.75. The first-order valence-corrected chi connectivity index (χ1v) is 9.57. The lowest BCUT2D eigenvalue weighted by Crippen LogP contribution is -2.25. The Kier molecular flexibility index (Phi) is 4.74.